The Hall–Kier alpha value is -2.84. The molecule has 0 saturated heterocycles. The molecule has 0 fully saturated rings. The number of aliphatic hydroxyl groups is 1. The molecule has 0 aromatic rings. The number of phosphoric ester groups is 1. The first kappa shape index (κ1) is 79.2. The minimum Gasteiger partial charge on any atom is -0.756 e. The molecule has 0 spiro atoms. The normalized spacial score (nSPS) is 14.4. The molecule has 8 nitrogen and oxygen atoms in total. The Morgan fingerprint density at radius 2 is 0.756 bits per heavy atom. The lowest BCUT2D eigenvalue weighted by Gasteiger charge is -2.29. The number of hydrogen-bond acceptors (Lipinski definition) is 6. The zero-order chi connectivity index (χ0) is 59.8. The number of quaternary nitrogens is 1. The van der Waals surface area contributed by atoms with Crippen molar-refractivity contribution in [3.8, 4) is 0 Å². The van der Waals surface area contributed by atoms with Gasteiger partial charge in [0.25, 0.3) is 7.82 Å². The average molecular weight is 1160 g/mol. The number of nitrogens with zero attached hydrogens (tertiary/aromatic N) is 1. The van der Waals surface area contributed by atoms with E-state index >= 15 is 0 Å². The van der Waals surface area contributed by atoms with Crippen LogP contribution in [0.5, 0.6) is 0 Å². The molecule has 0 heterocycles. The van der Waals surface area contributed by atoms with Crippen LogP contribution < -0.4 is 10.2 Å². The third-order valence-electron chi connectivity index (χ3n) is 15.0. The van der Waals surface area contributed by atoms with Gasteiger partial charge in [-0.25, -0.2) is 0 Å². The predicted octanol–water partition coefficient (Wildman–Crippen LogP) is 21.2. The number of carbonyl (C=O) groups excluding carboxylic acids is 1. The maximum absolute atomic E-state index is 13.0. The molecule has 474 valence electrons. The Kier molecular flexibility index (Phi) is 60.5. The highest BCUT2D eigenvalue weighted by molar-refractivity contribution is 7.45. The fraction of sp³-hybridized carbons (Fsp3) is 0.740. The van der Waals surface area contributed by atoms with Crippen molar-refractivity contribution in [1.82, 2.24) is 5.32 Å². The summed E-state index contributed by atoms with van der Waals surface area (Å²) in [5, 5.41) is 13.9. The fourth-order valence-electron chi connectivity index (χ4n) is 9.68. The molecule has 9 heteroatoms. The second-order valence-corrected chi connectivity index (χ2v) is 25.6. The summed E-state index contributed by atoms with van der Waals surface area (Å²) in [6, 6.07) is -0.914. The van der Waals surface area contributed by atoms with Gasteiger partial charge < -0.3 is 28.8 Å². The summed E-state index contributed by atoms with van der Waals surface area (Å²) in [5.74, 6) is -0.212. The van der Waals surface area contributed by atoms with E-state index in [9.17, 15) is 19.4 Å². The monoisotopic (exact) mass is 1160 g/mol. The number of nitrogens with one attached hydrogen (secondary N) is 1. The highest BCUT2D eigenvalue weighted by atomic mass is 31.2. The summed E-state index contributed by atoms with van der Waals surface area (Å²) in [7, 11) is 1.24. The number of likely N-dealkylation sites (N-methyl/N-ethyl adjacent to an activating group) is 1. The van der Waals surface area contributed by atoms with Crippen LogP contribution in [0.25, 0.3) is 0 Å². The molecule has 0 aliphatic carbocycles. The fourth-order valence-corrected chi connectivity index (χ4v) is 10.4. The number of rotatable bonds is 62. The van der Waals surface area contributed by atoms with E-state index in [4.69, 9.17) is 9.05 Å². The molecule has 0 aliphatic heterocycles. The highest BCUT2D eigenvalue weighted by Gasteiger charge is 2.23. The van der Waals surface area contributed by atoms with Gasteiger partial charge in [-0.15, -0.1) is 0 Å². The number of aliphatic hydroxyl groups excluding tert-OH is 1. The van der Waals surface area contributed by atoms with Crippen LogP contribution in [0.3, 0.4) is 0 Å². The van der Waals surface area contributed by atoms with Crippen molar-refractivity contribution in [2.75, 3.05) is 40.9 Å². The molecule has 0 aliphatic rings. The topological polar surface area (TPSA) is 108 Å². The van der Waals surface area contributed by atoms with Gasteiger partial charge in [0.2, 0.25) is 5.91 Å². The lowest BCUT2D eigenvalue weighted by molar-refractivity contribution is -0.870. The minimum absolute atomic E-state index is 0.0113. The van der Waals surface area contributed by atoms with Crippen molar-refractivity contribution in [2.24, 2.45) is 0 Å². The van der Waals surface area contributed by atoms with Gasteiger partial charge in [0, 0.05) is 6.42 Å². The number of unbranched alkanes of at least 4 members (excludes halogenated alkanes) is 33. The summed E-state index contributed by atoms with van der Waals surface area (Å²) < 4.78 is 23.4. The molecular weight excluding hydrogens is 1030 g/mol. The SMILES string of the molecule is CC/C=C\C/C=C\C/C=C\C/C=C\C/C=C\C/C=C\C/C=C\CCCCCCCCCCCCCC(=O)NC(COP(=O)([O-])OCC[N+](C)(C)C)C(O)/C=C/CC/C=C/CCCCCCCCCCCCCCCCCCCCCCC. The summed E-state index contributed by atoms with van der Waals surface area (Å²) >= 11 is 0. The van der Waals surface area contributed by atoms with Gasteiger partial charge in [-0.05, 0) is 89.9 Å². The summed E-state index contributed by atoms with van der Waals surface area (Å²) in [6.07, 6.45) is 92.0. The van der Waals surface area contributed by atoms with Gasteiger partial charge in [0.1, 0.15) is 13.2 Å². The molecule has 1 amide bonds. The van der Waals surface area contributed by atoms with E-state index in [2.05, 4.69) is 116 Å². The van der Waals surface area contributed by atoms with Gasteiger partial charge >= 0.3 is 0 Å². The van der Waals surface area contributed by atoms with Crippen LogP contribution in [0.4, 0.5) is 0 Å². The van der Waals surface area contributed by atoms with E-state index in [1.807, 2.05) is 27.2 Å². The average Bonchev–Trinajstić information content (AvgIpc) is 3.47. The standard InChI is InChI=1S/C73H131N2O6P/c1-6-8-10-12-14-16-18-20-22-24-26-28-30-32-34-35-36-37-38-39-41-43-45-47-49-51-53-55-57-59-61-63-65-67-73(77)74-71(70-81-82(78,79)80-69-68-75(3,4)5)72(76)66-64-62-60-58-56-54-52-50-48-46-44-42-40-33-31-29-27-25-23-21-19-17-15-13-11-9-7-2/h8,10,14,16,20,22,26,28,32,34,36-37,39,41,56,58,64,66,71-72,76H,6-7,9,11-13,15,17-19,21,23-25,27,29-31,33,35,38,40,42-55,57,59-63,65,67-70H2,1-5H3,(H-,74,77,78,79)/b10-8-,16-14-,22-20-,28-26-,34-32-,37-36-,41-39-,58-56+,66-64+. The van der Waals surface area contributed by atoms with Gasteiger partial charge in [0.05, 0.1) is 39.9 Å². The Morgan fingerprint density at radius 1 is 0.439 bits per heavy atom. The number of allylic oxidation sites excluding steroid dienone is 17. The Labute approximate surface area is 508 Å². The molecule has 82 heavy (non-hydrogen) atoms. The van der Waals surface area contributed by atoms with Crippen molar-refractivity contribution in [3.05, 3.63) is 109 Å². The lowest BCUT2D eigenvalue weighted by Crippen LogP contribution is -2.45. The first-order valence-corrected chi connectivity index (χ1v) is 35.7. The zero-order valence-corrected chi connectivity index (χ0v) is 55.1. The maximum atomic E-state index is 13.0. The summed E-state index contributed by atoms with van der Waals surface area (Å²) in [4.78, 5) is 25.6. The number of carbonyl (C=O) groups is 1. The molecule has 0 radical (unpaired) electrons. The molecule has 2 N–H and O–H groups in total. The quantitative estimate of drug-likeness (QED) is 0.0272. The van der Waals surface area contributed by atoms with Crippen LogP contribution in [0.15, 0.2) is 109 Å². The van der Waals surface area contributed by atoms with Crippen LogP contribution >= 0.6 is 7.82 Å². The van der Waals surface area contributed by atoms with E-state index in [1.54, 1.807) is 6.08 Å². The van der Waals surface area contributed by atoms with Gasteiger partial charge in [-0.1, -0.05) is 309 Å². The van der Waals surface area contributed by atoms with Crippen LogP contribution in [0.1, 0.15) is 296 Å². The van der Waals surface area contributed by atoms with Gasteiger partial charge in [-0.3, -0.25) is 9.36 Å². The Bertz CT molecular complexity index is 1700. The van der Waals surface area contributed by atoms with Crippen LogP contribution in [0, 0.1) is 0 Å². The summed E-state index contributed by atoms with van der Waals surface area (Å²) in [6.45, 7) is 4.53. The largest absolute Gasteiger partial charge is 0.756 e. The van der Waals surface area contributed by atoms with E-state index in [0.717, 1.165) is 83.5 Å². The van der Waals surface area contributed by atoms with E-state index < -0.39 is 26.6 Å². The first-order valence-electron chi connectivity index (χ1n) is 34.2. The van der Waals surface area contributed by atoms with E-state index in [-0.39, 0.29) is 12.5 Å². The molecule has 0 aromatic heterocycles. The zero-order valence-electron chi connectivity index (χ0n) is 54.2. The molecule has 3 unspecified atom stereocenters. The van der Waals surface area contributed by atoms with Gasteiger partial charge in [0.15, 0.2) is 0 Å². The van der Waals surface area contributed by atoms with Crippen molar-refractivity contribution >= 4 is 13.7 Å². The van der Waals surface area contributed by atoms with Crippen LogP contribution in [-0.2, 0) is 18.4 Å². The molecule has 0 saturated carbocycles. The van der Waals surface area contributed by atoms with E-state index in [0.29, 0.717) is 17.4 Å². The molecule has 3 atom stereocenters. The lowest BCUT2D eigenvalue weighted by atomic mass is 10.0. The third kappa shape index (κ3) is 64.7. The van der Waals surface area contributed by atoms with Crippen LogP contribution in [0.2, 0.25) is 0 Å². The van der Waals surface area contributed by atoms with Crippen molar-refractivity contribution < 1.29 is 32.9 Å². The van der Waals surface area contributed by atoms with Crippen molar-refractivity contribution in [1.29, 1.82) is 0 Å². The number of hydrogen-bond donors (Lipinski definition) is 2. The van der Waals surface area contributed by atoms with Crippen LogP contribution in [-0.4, -0.2) is 68.5 Å². The molecule has 0 rings (SSSR count). The molecule has 0 aromatic carbocycles. The summed E-state index contributed by atoms with van der Waals surface area (Å²) in [5.41, 5.74) is 0. The minimum atomic E-state index is -4.62. The van der Waals surface area contributed by atoms with Crippen molar-refractivity contribution in [2.45, 2.75) is 309 Å². The second kappa shape index (κ2) is 62.7. The number of phosphoric acid groups is 1. The van der Waals surface area contributed by atoms with Crippen molar-refractivity contribution in [3.63, 3.8) is 0 Å². The first-order chi connectivity index (χ1) is 40.0. The maximum Gasteiger partial charge on any atom is 0.268 e. The number of amides is 1. The molecular formula is C73H131N2O6P. The highest BCUT2D eigenvalue weighted by Crippen LogP contribution is 2.38. The molecule has 0 bridgehead atoms. The van der Waals surface area contributed by atoms with E-state index in [1.165, 1.54) is 193 Å². The third-order valence-corrected chi connectivity index (χ3v) is 15.9. The Balaban J connectivity index is 4.17. The van der Waals surface area contributed by atoms with Gasteiger partial charge in [-0.2, -0.15) is 0 Å². The second-order valence-electron chi connectivity index (χ2n) is 24.1. The predicted molar refractivity (Wildman–Crippen MR) is 357 cm³/mol. The smallest absolute Gasteiger partial charge is 0.268 e. The Morgan fingerprint density at radius 3 is 1.13 bits per heavy atom.